The summed E-state index contributed by atoms with van der Waals surface area (Å²) in [7, 11) is 0. The Hall–Kier alpha value is -1.30. The Bertz CT molecular complexity index is 339. The van der Waals surface area contributed by atoms with Crippen molar-refractivity contribution >= 4 is 0 Å². The first-order chi connectivity index (χ1) is 7.70. The maximum Gasteiger partial charge on any atom is 0.00477 e. The third kappa shape index (κ3) is 3.10. The molecule has 0 aliphatic heterocycles. The molecule has 0 saturated carbocycles. The number of hydrogen-bond donors (Lipinski definition) is 0. The Balaban J connectivity index is 3.05. The molecule has 0 bridgehead atoms. The molecular formula is C16H22. The number of allylic oxidation sites excluding steroid dienone is 8. The van der Waals surface area contributed by atoms with Gasteiger partial charge in [0, 0.05) is 5.92 Å². The SMILES string of the molecule is C=CC=C(C)C1CC=CCC(C)C1=CC=C. The predicted molar refractivity (Wildman–Crippen MR) is 73.3 cm³/mol. The Kier molecular flexibility index (Phi) is 5.04. The molecule has 0 heteroatoms. The summed E-state index contributed by atoms with van der Waals surface area (Å²) in [5.74, 6) is 1.12. The van der Waals surface area contributed by atoms with E-state index >= 15 is 0 Å². The van der Waals surface area contributed by atoms with Crippen molar-refractivity contribution in [1.82, 2.24) is 0 Å². The minimum Gasteiger partial charge on any atom is -0.0991 e. The molecule has 1 aliphatic carbocycles. The largest absolute Gasteiger partial charge is 0.0991 e. The molecule has 86 valence electrons. The van der Waals surface area contributed by atoms with Crippen molar-refractivity contribution in [1.29, 1.82) is 0 Å². The highest BCUT2D eigenvalue weighted by Gasteiger charge is 2.20. The highest BCUT2D eigenvalue weighted by Crippen LogP contribution is 2.34. The van der Waals surface area contributed by atoms with Crippen molar-refractivity contribution in [3.63, 3.8) is 0 Å². The molecule has 0 aromatic carbocycles. The lowest BCUT2D eigenvalue weighted by atomic mass is 9.82. The van der Waals surface area contributed by atoms with Gasteiger partial charge in [0.05, 0.1) is 0 Å². The van der Waals surface area contributed by atoms with Crippen LogP contribution in [0.15, 0.2) is 60.8 Å². The van der Waals surface area contributed by atoms with Crippen LogP contribution in [0.25, 0.3) is 0 Å². The molecule has 2 unspecified atom stereocenters. The summed E-state index contributed by atoms with van der Waals surface area (Å²) in [6.07, 6.45) is 14.9. The van der Waals surface area contributed by atoms with Crippen LogP contribution in [-0.4, -0.2) is 0 Å². The van der Waals surface area contributed by atoms with Crippen LogP contribution in [0.1, 0.15) is 26.7 Å². The summed E-state index contributed by atoms with van der Waals surface area (Å²) in [4.78, 5) is 0. The third-order valence-corrected chi connectivity index (χ3v) is 3.24. The highest BCUT2D eigenvalue weighted by molar-refractivity contribution is 5.29. The van der Waals surface area contributed by atoms with Crippen molar-refractivity contribution < 1.29 is 0 Å². The lowest BCUT2D eigenvalue weighted by molar-refractivity contribution is 0.596. The smallest absolute Gasteiger partial charge is 0.00477 e. The van der Waals surface area contributed by atoms with Gasteiger partial charge in [0.15, 0.2) is 0 Å². The molecular weight excluding hydrogens is 192 g/mol. The van der Waals surface area contributed by atoms with Gasteiger partial charge in [0.2, 0.25) is 0 Å². The van der Waals surface area contributed by atoms with Crippen molar-refractivity contribution in [2.75, 3.05) is 0 Å². The lowest BCUT2D eigenvalue weighted by Gasteiger charge is -2.22. The van der Waals surface area contributed by atoms with Gasteiger partial charge >= 0.3 is 0 Å². The molecule has 1 aliphatic rings. The summed E-state index contributed by atoms with van der Waals surface area (Å²) in [5, 5.41) is 0. The van der Waals surface area contributed by atoms with Crippen LogP contribution in [0, 0.1) is 11.8 Å². The number of rotatable bonds is 3. The molecule has 0 aromatic rings. The van der Waals surface area contributed by atoms with Gasteiger partial charge in [-0.05, 0) is 25.7 Å². The molecule has 0 radical (unpaired) electrons. The van der Waals surface area contributed by atoms with E-state index in [0.29, 0.717) is 11.8 Å². The van der Waals surface area contributed by atoms with E-state index in [1.807, 2.05) is 12.2 Å². The quantitative estimate of drug-likeness (QED) is 0.466. The second-order valence-electron chi connectivity index (χ2n) is 4.45. The molecule has 0 heterocycles. The summed E-state index contributed by atoms with van der Waals surface area (Å²) >= 11 is 0. The fourth-order valence-electron chi connectivity index (χ4n) is 2.32. The van der Waals surface area contributed by atoms with Gasteiger partial charge in [-0.3, -0.25) is 0 Å². The average Bonchev–Trinajstić information content (AvgIpc) is 2.43. The van der Waals surface area contributed by atoms with Crippen LogP contribution < -0.4 is 0 Å². The van der Waals surface area contributed by atoms with Crippen molar-refractivity contribution in [3.8, 4) is 0 Å². The van der Waals surface area contributed by atoms with E-state index in [9.17, 15) is 0 Å². The molecule has 16 heavy (non-hydrogen) atoms. The zero-order chi connectivity index (χ0) is 12.0. The lowest BCUT2D eigenvalue weighted by Crippen LogP contribution is -2.10. The Morgan fingerprint density at radius 2 is 1.94 bits per heavy atom. The molecule has 0 spiro atoms. The van der Waals surface area contributed by atoms with E-state index in [2.05, 4.69) is 51.3 Å². The van der Waals surface area contributed by atoms with Gasteiger partial charge in [0.1, 0.15) is 0 Å². The minimum atomic E-state index is 0.518. The second-order valence-corrected chi connectivity index (χ2v) is 4.45. The van der Waals surface area contributed by atoms with Crippen LogP contribution in [0.4, 0.5) is 0 Å². The first-order valence-electron chi connectivity index (χ1n) is 5.97. The van der Waals surface area contributed by atoms with Gasteiger partial charge in [-0.2, -0.15) is 0 Å². The van der Waals surface area contributed by atoms with Crippen molar-refractivity contribution in [2.45, 2.75) is 26.7 Å². The number of hydrogen-bond acceptors (Lipinski definition) is 0. The Morgan fingerprint density at radius 3 is 2.56 bits per heavy atom. The standard InChI is InChI=1S/C16H22/c1-5-9-13(3)16-12-8-7-11-14(4)15(16)10-6-2/h5-10,14,16H,1-2,11-12H2,3-4H3. The van der Waals surface area contributed by atoms with Crippen LogP contribution in [0.5, 0.6) is 0 Å². The molecule has 0 aromatic heterocycles. The zero-order valence-electron chi connectivity index (χ0n) is 10.4. The van der Waals surface area contributed by atoms with Crippen LogP contribution in [-0.2, 0) is 0 Å². The fraction of sp³-hybridized carbons (Fsp3) is 0.375. The Morgan fingerprint density at radius 1 is 1.25 bits per heavy atom. The van der Waals surface area contributed by atoms with Gasteiger partial charge in [-0.25, -0.2) is 0 Å². The zero-order valence-corrected chi connectivity index (χ0v) is 10.4. The van der Waals surface area contributed by atoms with Gasteiger partial charge in [-0.1, -0.05) is 67.7 Å². The molecule has 0 amide bonds. The Labute approximate surface area is 99.8 Å². The minimum absolute atomic E-state index is 0.518. The van der Waals surface area contributed by atoms with Gasteiger partial charge < -0.3 is 0 Å². The fourth-order valence-corrected chi connectivity index (χ4v) is 2.32. The van der Waals surface area contributed by atoms with Gasteiger partial charge in [0.25, 0.3) is 0 Å². The van der Waals surface area contributed by atoms with E-state index in [1.54, 1.807) is 0 Å². The van der Waals surface area contributed by atoms with E-state index in [4.69, 9.17) is 0 Å². The summed E-state index contributed by atoms with van der Waals surface area (Å²) in [5.41, 5.74) is 2.89. The van der Waals surface area contributed by atoms with E-state index < -0.39 is 0 Å². The first kappa shape index (κ1) is 12.8. The molecule has 2 atom stereocenters. The first-order valence-corrected chi connectivity index (χ1v) is 5.97. The van der Waals surface area contributed by atoms with Crippen LogP contribution in [0.3, 0.4) is 0 Å². The molecule has 0 nitrogen and oxygen atoms in total. The monoisotopic (exact) mass is 214 g/mol. The van der Waals surface area contributed by atoms with E-state index in [-0.39, 0.29) is 0 Å². The summed E-state index contributed by atoms with van der Waals surface area (Å²) < 4.78 is 0. The average molecular weight is 214 g/mol. The molecule has 0 fully saturated rings. The third-order valence-electron chi connectivity index (χ3n) is 3.24. The van der Waals surface area contributed by atoms with E-state index in [0.717, 1.165) is 12.8 Å². The van der Waals surface area contributed by atoms with Crippen LogP contribution >= 0.6 is 0 Å². The predicted octanol–water partition coefficient (Wildman–Crippen LogP) is 4.83. The maximum atomic E-state index is 3.82. The second kappa shape index (κ2) is 6.32. The summed E-state index contributed by atoms with van der Waals surface area (Å²) in [6.45, 7) is 12.1. The topological polar surface area (TPSA) is 0 Å². The van der Waals surface area contributed by atoms with Crippen LogP contribution in [0.2, 0.25) is 0 Å². The van der Waals surface area contributed by atoms with Gasteiger partial charge in [-0.15, -0.1) is 0 Å². The molecule has 1 rings (SSSR count). The summed E-state index contributed by atoms with van der Waals surface area (Å²) in [6, 6.07) is 0. The maximum absolute atomic E-state index is 3.82. The highest BCUT2D eigenvalue weighted by atomic mass is 14.3. The van der Waals surface area contributed by atoms with Crippen molar-refractivity contribution in [3.05, 3.63) is 60.8 Å². The normalized spacial score (nSPS) is 28.9. The van der Waals surface area contributed by atoms with E-state index in [1.165, 1.54) is 11.1 Å². The molecule has 0 N–H and O–H groups in total. The van der Waals surface area contributed by atoms with Crippen molar-refractivity contribution in [2.24, 2.45) is 11.8 Å². The molecule has 0 saturated heterocycles.